The van der Waals surface area contributed by atoms with Crippen molar-refractivity contribution in [1.82, 2.24) is 0 Å². The van der Waals surface area contributed by atoms with Crippen molar-refractivity contribution >= 4 is 39.1 Å². The lowest BCUT2D eigenvalue weighted by Gasteiger charge is -1.98. The van der Waals surface area contributed by atoms with Gasteiger partial charge in [0.1, 0.15) is 0 Å². The summed E-state index contributed by atoms with van der Waals surface area (Å²) in [5.74, 6) is 0. The van der Waals surface area contributed by atoms with Gasteiger partial charge in [-0.3, -0.25) is 0 Å². The van der Waals surface area contributed by atoms with E-state index in [1.165, 1.54) is 6.08 Å². The van der Waals surface area contributed by atoms with E-state index >= 15 is 0 Å². The van der Waals surface area contributed by atoms with E-state index in [9.17, 15) is 0 Å². The predicted octanol–water partition coefficient (Wildman–Crippen LogP) is 2.70. The van der Waals surface area contributed by atoms with Crippen LogP contribution in [0.15, 0.2) is 12.7 Å². The SMILES string of the molecule is C=CC(Cl)(Cl)Br. The van der Waals surface area contributed by atoms with Crippen LogP contribution in [0.2, 0.25) is 0 Å². The molecule has 0 saturated heterocycles. The van der Waals surface area contributed by atoms with Gasteiger partial charge in [-0.15, -0.1) is 0 Å². The fraction of sp³-hybridized carbons (Fsp3) is 0.333. The van der Waals surface area contributed by atoms with Crippen LogP contribution < -0.4 is 0 Å². The van der Waals surface area contributed by atoms with Crippen molar-refractivity contribution < 1.29 is 0 Å². The third kappa shape index (κ3) is 4.80. The van der Waals surface area contributed by atoms with Crippen molar-refractivity contribution in [3.63, 3.8) is 0 Å². The van der Waals surface area contributed by atoms with Gasteiger partial charge < -0.3 is 0 Å². The molecule has 0 aliphatic heterocycles. The standard InChI is InChI=1S/C3H3BrCl2/c1-2-3(4,5)6/h2H,1H2. The molecule has 6 heavy (non-hydrogen) atoms. The zero-order chi connectivity index (χ0) is 5.21. The molecular formula is C3H3BrCl2. The molecule has 0 aromatic carbocycles. The van der Waals surface area contributed by atoms with Crippen molar-refractivity contribution in [3.05, 3.63) is 12.7 Å². The van der Waals surface area contributed by atoms with Gasteiger partial charge in [0.15, 0.2) is 3.24 Å². The van der Waals surface area contributed by atoms with Gasteiger partial charge >= 0.3 is 0 Å². The molecule has 0 fully saturated rings. The Morgan fingerprint density at radius 2 is 1.83 bits per heavy atom. The van der Waals surface area contributed by atoms with Crippen molar-refractivity contribution in [2.24, 2.45) is 0 Å². The number of hydrogen-bond donors (Lipinski definition) is 0. The van der Waals surface area contributed by atoms with E-state index < -0.39 is 3.24 Å². The largest absolute Gasteiger partial charge is 0.190 e. The maximum absolute atomic E-state index is 5.28. The van der Waals surface area contributed by atoms with Gasteiger partial charge in [-0.1, -0.05) is 29.8 Å². The van der Waals surface area contributed by atoms with Crippen LogP contribution >= 0.6 is 39.1 Å². The first kappa shape index (κ1) is 6.80. The third-order valence-electron chi connectivity index (χ3n) is 0.231. The van der Waals surface area contributed by atoms with Crippen LogP contribution in [0.3, 0.4) is 0 Å². The van der Waals surface area contributed by atoms with Crippen molar-refractivity contribution in [2.75, 3.05) is 0 Å². The summed E-state index contributed by atoms with van der Waals surface area (Å²) in [7, 11) is 0. The van der Waals surface area contributed by atoms with Crippen LogP contribution in [0.1, 0.15) is 0 Å². The molecule has 0 atom stereocenters. The summed E-state index contributed by atoms with van der Waals surface area (Å²) in [6.45, 7) is 3.32. The van der Waals surface area contributed by atoms with Gasteiger partial charge in [0, 0.05) is 0 Å². The van der Waals surface area contributed by atoms with Crippen LogP contribution in [0.4, 0.5) is 0 Å². The molecule has 0 aromatic rings. The minimum atomic E-state index is -0.938. The Bertz CT molecular complexity index is 54.3. The molecular weight excluding hydrogens is 187 g/mol. The highest BCUT2D eigenvalue weighted by Gasteiger charge is 2.10. The van der Waals surface area contributed by atoms with Crippen LogP contribution in [-0.2, 0) is 0 Å². The normalized spacial score (nSPS) is 11.2. The average molecular weight is 190 g/mol. The summed E-state index contributed by atoms with van der Waals surface area (Å²) in [6, 6.07) is 0. The molecule has 0 aromatic heterocycles. The number of alkyl halides is 3. The second-order valence-corrected chi connectivity index (χ2v) is 4.30. The molecule has 0 radical (unpaired) electrons. The lowest BCUT2D eigenvalue weighted by molar-refractivity contribution is 1.55. The quantitative estimate of drug-likeness (QED) is 0.440. The molecule has 0 rings (SSSR count). The number of hydrogen-bond acceptors (Lipinski definition) is 0. The van der Waals surface area contributed by atoms with Crippen LogP contribution in [0, 0.1) is 0 Å². The molecule has 0 aliphatic carbocycles. The van der Waals surface area contributed by atoms with Crippen LogP contribution in [0.5, 0.6) is 0 Å². The second-order valence-electron chi connectivity index (χ2n) is 0.746. The number of halogens is 3. The fourth-order valence-electron chi connectivity index (χ4n) is 0. The first-order valence-corrected chi connectivity index (χ1v) is 2.81. The monoisotopic (exact) mass is 188 g/mol. The maximum atomic E-state index is 5.28. The highest BCUT2D eigenvalue weighted by Crippen LogP contribution is 2.28. The topological polar surface area (TPSA) is 0 Å². The van der Waals surface area contributed by atoms with E-state index in [0.29, 0.717) is 0 Å². The summed E-state index contributed by atoms with van der Waals surface area (Å²) in [5, 5.41) is 0. The fourth-order valence-corrected chi connectivity index (χ4v) is 0. The van der Waals surface area contributed by atoms with E-state index in [4.69, 9.17) is 23.2 Å². The smallest absolute Gasteiger partial charge is 0.0992 e. The molecule has 36 valence electrons. The zero-order valence-corrected chi connectivity index (χ0v) is 6.02. The van der Waals surface area contributed by atoms with Crippen LogP contribution in [-0.4, -0.2) is 3.24 Å². The van der Waals surface area contributed by atoms with Gasteiger partial charge in [-0.2, -0.15) is 0 Å². The van der Waals surface area contributed by atoms with Gasteiger partial charge in [-0.05, 0) is 22.0 Å². The number of allylic oxidation sites excluding steroid dienone is 1. The van der Waals surface area contributed by atoms with Crippen molar-refractivity contribution in [1.29, 1.82) is 0 Å². The lowest BCUT2D eigenvalue weighted by Crippen LogP contribution is -1.90. The molecule has 0 nitrogen and oxygen atoms in total. The van der Waals surface area contributed by atoms with E-state index in [1.54, 1.807) is 0 Å². The Morgan fingerprint density at radius 1 is 1.67 bits per heavy atom. The van der Waals surface area contributed by atoms with Gasteiger partial charge in [0.2, 0.25) is 0 Å². The maximum Gasteiger partial charge on any atom is 0.190 e. The Hall–Kier alpha value is 0.800. The molecule has 0 bridgehead atoms. The Morgan fingerprint density at radius 3 is 1.83 bits per heavy atom. The summed E-state index contributed by atoms with van der Waals surface area (Å²) in [5.41, 5.74) is 0. The summed E-state index contributed by atoms with van der Waals surface area (Å²) in [6.07, 6.45) is 1.39. The molecule has 0 amide bonds. The highest BCUT2D eigenvalue weighted by atomic mass is 79.9. The average Bonchev–Trinajstić information content (AvgIpc) is 1.35. The molecule has 0 unspecified atom stereocenters. The Kier molecular flexibility index (Phi) is 2.49. The van der Waals surface area contributed by atoms with Gasteiger partial charge in [-0.25, -0.2) is 0 Å². The highest BCUT2D eigenvalue weighted by molar-refractivity contribution is 9.11. The molecule has 0 spiro atoms. The van der Waals surface area contributed by atoms with Crippen LogP contribution in [0.25, 0.3) is 0 Å². The van der Waals surface area contributed by atoms with Gasteiger partial charge in [0.05, 0.1) is 0 Å². The first-order chi connectivity index (χ1) is 2.56. The summed E-state index contributed by atoms with van der Waals surface area (Å²) in [4.78, 5) is 0. The molecule has 0 saturated carbocycles. The van der Waals surface area contributed by atoms with Gasteiger partial charge in [0.25, 0.3) is 0 Å². The summed E-state index contributed by atoms with van der Waals surface area (Å²) < 4.78 is -0.938. The zero-order valence-electron chi connectivity index (χ0n) is 2.92. The molecule has 0 N–H and O–H groups in total. The minimum absolute atomic E-state index is 0.938. The Balaban J connectivity index is 3.45. The molecule has 3 heteroatoms. The molecule has 0 aliphatic rings. The van der Waals surface area contributed by atoms with E-state index in [-0.39, 0.29) is 0 Å². The van der Waals surface area contributed by atoms with E-state index in [2.05, 4.69) is 22.5 Å². The van der Waals surface area contributed by atoms with E-state index in [1.807, 2.05) is 0 Å². The first-order valence-electron chi connectivity index (χ1n) is 1.26. The minimum Gasteiger partial charge on any atom is -0.0992 e. The number of rotatable bonds is 1. The second kappa shape index (κ2) is 2.20. The van der Waals surface area contributed by atoms with Crippen molar-refractivity contribution in [3.8, 4) is 0 Å². The lowest BCUT2D eigenvalue weighted by atomic mass is 10.8. The summed E-state index contributed by atoms with van der Waals surface area (Å²) >= 11 is 13.5. The third-order valence-corrected chi connectivity index (χ3v) is 0.864. The van der Waals surface area contributed by atoms with Crippen molar-refractivity contribution in [2.45, 2.75) is 3.24 Å². The van der Waals surface area contributed by atoms with E-state index in [0.717, 1.165) is 0 Å². The molecule has 0 heterocycles. The Labute approximate surface area is 55.3 Å². The predicted molar refractivity (Wildman–Crippen MR) is 33.6 cm³/mol.